The lowest BCUT2D eigenvalue weighted by Gasteiger charge is -2.11. The lowest BCUT2D eigenvalue weighted by molar-refractivity contribution is 0.414. The van der Waals surface area contributed by atoms with Crippen molar-refractivity contribution >= 4 is 22.9 Å². The molecule has 3 N–H and O–H groups in total. The van der Waals surface area contributed by atoms with Gasteiger partial charge in [-0.15, -0.1) is 0 Å². The molecule has 0 aromatic heterocycles. The van der Waals surface area contributed by atoms with Crippen LogP contribution in [0, 0.1) is 0 Å². The van der Waals surface area contributed by atoms with Crippen LogP contribution in [0.15, 0.2) is 48.5 Å². The van der Waals surface area contributed by atoms with E-state index in [0.717, 1.165) is 30.0 Å². The minimum absolute atomic E-state index is 0.414. The van der Waals surface area contributed by atoms with Crippen molar-refractivity contribution in [1.82, 2.24) is 0 Å². The van der Waals surface area contributed by atoms with E-state index in [1.165, 1.54) is 5.56 Å². The van der Waals surface area contributed by atoms with Crippen molar-refractivity contribution in [3.8, 4) is 5.75 Å². The molecule has 2 rings (SSSR count). The first-order valence-electron chi connectivity index (χ1n) is 6.46. The van der Waals surface area contributed by atoms with Crippen molar-refractivity contribution in [3.05, 3.63) is 59.7 Å². The van der Waals surface area contributed by atoms with Crippen molar-refractivity contribution in [2.24, 2.45) is 5.73 Å². The fourth-order valence-electron chi connectivity index (χ4n) is 1.99. The molecule has 0 saturated heterocycles. The van der Waals surface area contributed by atoms with Gasteiger partial charge in [-0.25, -0.2) is 0 Å². The van der Waals surface area contributed by atoms with Crippen LogP contribution < -0.4 is 15.8 Å². The molecule has 104 valence electrons. The van der Waals surface area contributed by atoms with Crippen LogP contribution in [0.1, 0.15) is 11.1 Å². The first-order chi connectivity index (χ1) is 9.70. The summed E-state index contributed by atoms with van der Waals surface area (Å²) in [7, 11) is 1.67. The number of hydrogen-bond acceptors (Lipinski definition) is 3. The Kier molecular flexibility index (Phi) is 4.96. The topological polar surface area (TPSA) is 47.3 Å². The van der Waals surface area contributed by atoms with Crippen LogP contribution >= 0.6 is 12.2 Å². The Labute approximate surface area is 124 Å². The molecule has 2 aromatic rings. The molecule has 0 aliphatic heterocycles. The highest BCUT2D eigenvalue weighted by molar-refractivity contribution is 7.80. The number of rotatable bonds is 6. The summed E-state index contributed by atoms with van der Waals surface area (Å²) in [6.07, 6.45) is 0.926. The lowest BCUT2D eigenvalue weighted by Crippen LogP contribution is -2.14. The van der Waals surface area contributed by atoms with Gasteiger partial charge in [0.15, 0.2) is 0 Å². The van der Waals surface area contributed by atoms with E-state index in [2.05, 4.69) is 17.4 Å². The smallest absolute Gasteiger partial charge is 0.118 e. The number of nitrogens with two attached hydrogens (primary N) is 1. The van der Waals surface area contributed by atoms with Crippen LogP contribution in [0.4, 0.5) is 5.69 Å². The molecular formula is C16H18N2OS. The van der Waals surface area contributed by atoms with Crippen LogP contribution in [0.2, 0.25) is 0 Å². The summed E-state index contributed by atoms with van der Waals surface area (Å²) in [5, 5.41) is 3.37. The van der Waals surface area contributed by atoms with Gasteiger partial charge in [0, 0.05) is 17.8 Å². The number of ether oxygens (including phenoxy) is 1. The standard InChI is InChI=1S/C16H18N2OS/c1-19-13-8-6-12(7-9-13)10-11-18-15-5-3-2-4-14(15)16(17)20/h2-9,18H,10-11H2,1H3,(H2,17,20). The number of methoxy groups -OCH3 is 1. The predicted molar refractivity (Wildman–Crippen MR) is 87.5 cm³/mol. The highest BCUT2D eigenvalue weighted by atomic mass is 32.1. The van der Waals surface area contributed by atoms with Gasteiger partial charge < -0.3 is 15.8 Å². The Hall–Kier alpha value is -2.07. The SMILES string of the molecule is COc1ccc(CCNc2ccccc2C(N)=S)cc1. The second-order valence-corrected chi connectivity index (χ2v) is 4.87. The van der Waals surface area contributed by atoms with E-state index < -0.39 is 0 Å². The van der Waals surface area contributed by atoms with Gasteiger partial charge in [-0.05, 0) is 36.2 Å². The maximum Gasteiger partial charge on any atom is 0.118 e. The molecular weight excluding hydrogens is 268 g/mol. The third kappa shape index (κ3) is 3.71. The lowest BCUT2D eigenvalue weighted by atomic mass is 10.1. The van der Waals surface area contributed by atoms with E-state index in [1.807, 2.05) is 36.4 Å². The first-order valence-corrected chi connectivity index (χ1v) is 6.87. The molecule has 2 aromatic carbocycles. The van der Waals surface area contributed by atoms with Crippen LogP contribution in [0.5, 0.6) is 5.75 Å². The van der Waals surface area contributed by atoms with Gasteiger partial charge in [0.05, 0.1) is 7.11 Å². The minimum Gasteiger partial charge on any atom is -0.497 e. The molecule has 0 aliphatic rings. The molecule has 0 saturated carbocycles. The number of thiocarbonyl (C=S) groups is 1. The summed E-state index contributed by atoms with van der Waals surface area (Å²) in [5.74, 6) is 0.875. The average molecular weight is 286 g/mol. The molecule has 0 amide bonds. The maximum atomic E-state index is 5.71. The summed E-state index contributed by atoms with van der Waals surface area (Å²) in [6.45, 7) is 0.825. The van der Waals surface area contributed by atoms with Gasteiger partial charge in [0.25, 0.3) is 0 Å². The Balaban J connectivity index is 1.94. The van der Waals surface area contributed by atoms with Crippen molar-refractivity contribution in [2.75, 3.05) is 19.0 Å². The van der Waals surface area contributed by atoms with Gasteiger partial charge in [0.1, 0.15) is 10.7 Å². The molecule has 20 heavy (non-hydrogen) atoms. The molecule has 0 spiro atoms. The van der Waals surface area contributed by atoms with E-state index in [0.29, 0.717) is 4.99 Å². The summed E-state index contributed by atoms with van der Waals surface area (Å²) < 4.78 is 5.14. The van der Waals surface area contributed by atoms with Crippen LogP contribution in [0.3, 0.4) is 0 Å². The summed E-state index contributed by atoms with van der Waals surface area (Å²) >= 11 is 5.05. The summed E-state index contributed by atoms with van der Waals surface area (Å²) in [5.41, 5.74) is 8.83. The predicted octanol–water partition coefficient (Wildman–Crippen LogP) is 2.98. The summed E-state index contributed by atoms with van der Waals surface area (Å²) in [6, 6.07) is 15.9. The molecule has 0 unspecified atom stereocenters. The fraction of sp³-hybridized carbons (Fsp3) is 0.188. The van der Waals surface area contributed by atoms with Crippen molar-refractivity contribution in [1.29, 1.82) is 0 Å². The van der Waals surface area contributed by atoms with Crippen molar-refractivity contribution < 1.29 is 4.74 Å². The summed E-state index contributed by atoms with van der Waals surface area (Å²) in [4.78, 5) is 0.414. The third-order valence-electron chi connectivity index (χ3n) is 3.08. The third-order valence-corrected chi connectivity index (χ3v) is 3.30. The monoisotopic (exact) mass is 286 g/mol. The first kappa shape index (κ1) is 14.3. The van der Waals surface area contributed by atoms with E-state index >= 15 is 0 Å². The quantitative estimate of drug-likeness (QED) is 0.802. The van der Waals surface area contributed by atoms with E-state index in [9.17, 15) is 0 Å². The normalized spacial score (nSPS) is 10.1. The highest BCUT2D eigenvalue weighted by Gasteiger charge is 2.03. The fourth-order valence-corrected chi connectivity index (χ4v) is 2.16. The van der Waals surface area contributed by atoms with Gasteiger partial charge in [-0.1, -0.05) is 36.5 Å². The van der Waals surface area contributed by atoms with Gasteiger partial charge >= 0.3 is 0 Å². The second kappa shape index (κ2) is 6.91. The Morgan fingerprint density at radius 2 is 1.85 bits per heavy atom. The second-order valence-electron chi connectivity index (χ2n) is 4.43. The van der Waals surface area contributed by atoms with E-state index in [1.54, 1.807) is 7.11 Å². The molecule has 0 bridgehead atoms. The van der Waals surface area contributed by atoms with Crippen LogP contribution in [-0.2, 0) is 6.42 Å². The largest absolute Gasteiger partial charge is 0.497 e. The zero-order chi connectivity index (χ0) is 14.4. The molecule has 3 nitrogen and oxygen atoms in total. The molecule has 0 radical (unpaired) electrons. The number of nitrogens with one attached hydrogen (secondary N) is 1. The van der Waals surface area contributed by atoms with Crippen molar-refractivity contribution in [2.45, 2.75) is 6.42 Å². The molecule has 0 fully saturated rings. The van der Waals surface area contributed by atoms with E-state index in [4.69, 9.17) is 22.7 Å². The van der Waals surface area contributed by atoms with E-state index in [-0.39, 0.29) is 0 Å². The zero-order valence-electron chi connectivity index (χ0n) is 11.4. The van der Waals surface area contributed by atoms with Gasteiger partial charge in [-0.3, -0.25) is 0 Å². The van der Waals surface area contributed by atoms with Gasteiger partial charge in [-0.2, -0.15) is 0 Å². The maximum absolute atomic E-state index is 5.71. The Morgan fingerprint density at radius 1 is 1.15 bits per heavy atom. The highest BCUT2D eigenvalue weighted by Crippen LogP contribution is 2.15. The average Bonchev–Trinajstić information content (AvgIpc) is 2.48. The Morgan fingerprint density at radius 3 is 2.50 bits per heavy atom. The number of hydrogen-bond donors (Lipinski definition) is 2. The number of anilines is 1. The number of para-hydroxylation sites is 1. The zero-order valence-corrected chi connectivity index (χ0v) is 12.2. The minimum atomic E-state index is 0.414. The van der Waals surface area contributed by atoms with Crippen LogP contribution in [-0.4, -0.2) is 18.6 Å². The molecule has 0 atom stereocenters. The molecule has 4 heteroatoms. The number of benzene rings is 2. The van der Waals surface area contributed by atoms with Crippen LogP contribution in [0.25, 0.3) is 0 Å². The Bertz CT molecular complexity index is 581. The van der Waals surface area contributed by atoms with Crippen molar-refractivity contribution in [3.63, 3.8) is 0 Å². The van der Waals surface area contributed by atoms with Gasteiger partial charge in [0.2, 0.25) is 0 Å². The molecule has 0 aliphatic carbocycles. The molecule has 0 heterocycles.